The SMILES string of the molecule is COc1ccc(C(NN)C2CCOCC2C)cc1F. The van der Waals surface area contributed by atoms with Crippen molar-refractivity contribution >= 4 is 0 Å². The molecule has 3 unspecified atom stereocenters. The first-order valence-electron chi connectivity index (χ1n) is 6.54. The molecule has 0 radical (unpaired) electrons. The topological polar surface area (TPSA) is 56.5 Å². The molecule has 3 N–H and O–H groups in total. The standard InChI is InChI=1S/C14H21FN2O2/c1-9-8-19-6-5-11(9)14(17-16)10-3-4-13(18-2)12(15)7-10/h3-4,7,9,11,14,17H,5-6,8,16H2,1-2H3. The van der Waals surface area contributed by atoms with Gasteiger partial charge in [0.25, 0.3) is 0 Å². The van der Waals surface area contributed by atoms with Gasteiger partial charge in [-0.25, -0.2) is 4.39 Å². The van der Waals surface area contributed by atoms with Crippen LogP contribution < -0.4 is 16.0 Å². The lowest BCUT2D eigenvalue weighted by Gasteiger charge is -2.35. The Labute approximate surface area is 113 Å². The molecular formula is C14H21FN2O2. The van der Waals surface area contributed by atoms with Crippen LogP contribution in [0, 0.1) is 17.7 Å². The number of nitrogens with one attached hydrogen (secondary N) is 1. The number of benzene rings is 1. The molecule has 1 aromatic carbocycles. The van der Waals surface area contributed by atoms with Gasteiger partial charge in [0.2, 0.25) is 0 Å². The Kier molecular flexibility index (Phi) is 4.74. The number of ether oxygens (including phenoxy) is 2. The highest BCUT2D eigenvalue weighted by molar-refractivity contribution is 5.31. The molecule has 0 bridgehead atoms. The van der Waals surface area contributed by atoms with Crippen LogP contribution in [-0.4, -0.2) is 20.3 Å². The quantitative estimate of drug-likeness (QED) is 0.648. The highest BCUT2D eigenvalue weighted by Gasteiger charge is 2.30. The van der Waals surface area contributed by atoms with Gasteiger partial charge in [0, 0.05) is 19.3 Å². The molecule has 1 aromatic rings. The summed E-state index contributed by atoms with van der Waals surface area (Å²) < 4.78 is 24.2. The predicted octanol–water partition coefficient (Wildman–Crippen LogP) is 2.01. The lowest BCUT2D eigenvalue weighted by Crippen LogP contribution is -2.40. The molecule has 1 heterocycles. The van der Waals surface area contributed by atoms with Crippen LogP contribution in [0.5, 0.6) is 5.75 Å². The second-order valence-corrected chi connectivity index (χ2v) is 5.04. The van der Waals surface area contributed by atoms with Crippen LogP contribution in [0.3, 0.4) is 0 Å². The molecule has 0 aromatic heterocycles. The third-order valence-corrected chi connectivity index (χ3v) is 3.85. The second kappa shape index (κ2) is 6.32. The summed E-state index contributed by atoms with van der Waals surface area (Å²) in [7, 11) is 1.46. The van der Waals surface area contributed by atoms with Crippen LogP contribution in [0.25, 0.3) is 0 Å². The van der Waals surface area contributed by atoms with Gasteiger partial charge in [-0.15, -0.1) is 0 Å². The van der Waals surface area contributed by atoms with Crippen molar-refractivity contribution in [2.24, 2.45) is 17.7 Å². The molecule has 3 atom stereocenters. The lowest BCUT2D eigenvalue weighted by atomic mass is 9.81. The van der Waals surface area contributed by atoms with E-state index in [0.29, 0.717) is 11.8 Å². The average molecular weight is 268 g/mol. The van der Waals surface area contributed by atoms with Gasteiger partial charge in [0.05, 0.1) is 7.11 Å². The number of hydrazine groups is 1. The highest BCUT2D eigenvalue weighted by Crippen LogP contribution is 2.34. The van der Waals surface area contributed by atoms with Gasteiger partial charge in [0.15, 0.2) is 11.6 Å². The van der Waals surface area contributed by atoms with Crippen molar-refractivity contribution in [3.63, 3.8) is 0 Å². The highest BCUT2D eigenvalue weighted by atomic mass is 19.1. The fourth-order valence-electron chi connectivity index (χ4n) is 2.74. The molecule has 0 aliphatic carbocycles. The van der Waals surface area contributed by atoms with Crippen LogP contribution in [0.2, 0.25) is 0 Å². The zero-order valence-electron chi connectivity index (χ0n) is 11.4. The summed E-state index contributed by atoms with van der Waals surface area (Å²) in [5, 5.41) is 0. The Morgan fingerprint density at radius 1 is 1.53 bits per heavy atom. The molecule has 0 amide bonds. The Bertz CT molecular complexity index is 428. The summed E-state index contributed by atoms with van der Waals surface area (Å²) in [6.45, 7) is 3.58. The summed E-state index contributed by atoms with van der Waals surface area (Å²) in [4.78, 5) is 0. The number of rotatable bonds is 4. The first-order valence-corrected chi connectivity index (χ1v) is 6.54. The van der Waals surface area contributed by atoms with Gasteiger partial charge in [-0.3, -0.25) is 11.3 Å². The normalized spacial score (nSPS) is 25.1. The molecule has 0 saturated carbocycles. The van der Waals surface area contributed by atoms with Crippen LogP contribution in [0.1, 0.15) is 24.9 Å². The number of hydrogen-bond acceptors (Lipinski definition) is 4. The lowest BCUT2D eigenvalue weighted by molar-refractivity contribution is 0.0105. The van der Waals surface area contributed by atoms with Crippen LogP contribution in [0.4, 0.5) is 4.39 Å². The molecule has 5 heteroatoms. The van der Waals surface area contributed by atoms with E-state index in [2.05, 4.69) is 12.3 Å². The van der Waals surface area contributed by atoms with Gasteiger partial charge in [-0.05, 0) is 36.0 Å². The smallest absolute Gasteiger partial charge is 0.165 e. The number of halogens is 1. The summed E-state index contributed by atoms with van der Waals surface area (Å²) in [6, 6.07) is 4.92. The van der Waals surface area contributed by atoms with Crippen molar-refractivity contribution in [3.8, 4) is 5.75 Å². The largest absolute Gasteiger partial charge is 0.494 e. The Morgan fingerprint density at radius 2 is 2.32 bits per heavy atom. The first kappa shape index (κ1) is 14.2. The van der Waals surface area contributed by atoms with E-state index in [-0.39, 0.29) is 17.6 Å². The molecule has 1 aliphatic heterocycles. The Balaban J connectivity index is 2.23. The minimum absolute atomic E-state index is 0.0701. The van der Waals surface area contributed by atoms with Crippen molar-refractivity contribution in [1.29, 1.82) is 0 Å². The predicted molar refractivity (Wildman–Crippen MR) is 71.1 cm³/mol. The zero-order chi connectivity index (χ0) is 13.8. The average Bonchev–Trinajstić information content (AvgIpc) is 2.42. The van der Waals surface area contributed by atoms with Crippen LogP contribution >= 0.6 is 0 Å². The van der Waals surface area contributed by atoms with Gasteiger partial charge < -0.3 is 9.47 Å². The molecule has 1 fully saturated rings. The summed E-state index contributed by atoms with van der Waals surface area (Å²) in [5.41, 5.74) is 3.67. The molecular weight excluding hydrogens is 247 g/mol. The van der Waals surface area contributed by atoms with Gasteiger partial charge in [0.1, 0.15) is 0 Å². The zero-order valence-corrected chi connectivity index (χ0v) is 11.4. The van der Waals surface area contributed by atoms with E-state index in [0.717, 1.165) is 25.2 Å². The maximum atomic E-state index is 13.8. The van der Waals surface area contributed by atoms with Gasteiger partial charge in [-0.2, -0.15) is 0 Å². The number of nitrogens with two attached hydrogens (primary N) is 1. The van der Waals surface area contributed by atoms with Gasteiger partial charge in [-0.1, -0.05) is 13.0 Å². The maximum absolute atomic E-state index is 13.8. The molecule has 0 spiro atoms. The number of hydrogen-bond donors (Lipinski definition) is 2. The van der Waals surface area contributed by atoms with E-state index in [9.17, 15) is 4.39 Å². The van der Waals surface area contributed by atoms with Crippen molar-refractivity contribution in [2.75, 3.05) is 20.3 Å². The molecule has 1 saturated heterocycles. The van der Waals surface area contributed by atoms with E-state index in [4.69, 9.17) is 15.3 Å². The van der Waals surface area contributed by atoms with E-state index in [1.807, 2.05) is 6.07 Å². The van der Waals surface area contributed by atoms with Crippen molar-refractivity contribution in [2.45, 2.75) is 19.4 Å². The molecule has 2 rings (SSSR count). The first-order chi connectivity index (χ1) is 9.17. The fourth-order valence-corrected chi connectivity index (χ4v) is 2.74. The van der Waals surface area contributed by atoms with E-state index >= 15 is 0 Å². The third-order valence-electron chi connectivity index (χ3n) is 3.85. The van der Waals surface area contributed by atoms with Crippen molar-refractivity contribution in [3.05, 3.63) is 29.6 Å². The van der Waals surface area contributed by atoms with Gasteiger partial charge >= 0.3 is 0 Å². The fraction of sp³-hybridized carbons (Fsp3) is 0.571. The number of methoxy groups -OCH3 is 1. The summed E-state index contributed by atoms with van der Waals surface area (Å²) >= 11 is 0. The Hall–Kier alpha value is -1.17. The maximum Gasteiger partial charge on any atom is 0.165 e. The van der Waals surface area contributed by atoms with E-state index in [1.54, 1.807) is 6.07 Å². The second-order valence-electron chi connectivity index (χ2n) is 5.04. The van der Waals surface area contributed by atoms with Crippen LogP contribution in [-0.2, 0) is 4.74 Å². The molecule has 1 aliphatic rings. The summed E-state index contributed by atoms with van der Waals surface area (Å²) in [6.07, 6.45) is 0.920. The van der Waals surface area contributed by atoms with Crippen molar-refractivity contribution in [1.82, 2.24) is 5.43 Å². The molecule has 19 heavy (non-hydrogen) atoms. The minimum atomic E-state index is -0.361. The molecule has 106 valence electrons. The van der Waals surface area contributed by atoms with E-state index < -0.39 is 0 Å². The van der Waals surface area contributed by atoms with Crippen LogP contribution in [0.15, 0.2) is 18.2 Å². The van der Waals surface area contributed by atoms with E-state index in [1.165, 1.54) is 13.2 Å². The monoisotopic (exact) mass is 268 g/mol. The van der Waals surface area contributed by atoms with Crippen molar-refractivity contribution < 1.29 is 13.9 Å². The Morgan fingerprint density at radius 3 is 2.89 bits per heavy atom. The summed E-state index contributed by atoms with van der Waals surface area (Å²) in [5.74, 6) is 6.29. The minimum Gasteiger partial charge on any atom is -0.494 e. The molecule has 4 nitrogen and oxygen atoms in total. The third kappa shape index (κ3) is 3.05.